The zero-order valence-electron chi connectivity index (χ0n) is 34.9. The van der Waals surface area contributed by atoms with E-state index in [0.29, 0.717) is 0 Å². The van der Waals surface area contributed by atoms with Crippen LogP contribution in [-0.2, 0) is 23.8 Å². The number of ether oxygens (including phenoxy) is 3. The van der Waals surface area contributed by atoms with Crippen LogP contribution in [0.15, 0.2) is 0 Å². The molecule has 0 bridgehead atoms. The average molecular weight is 901 g/mol. The average Bonchev–Trinajstić information content (AvgIpc) is 3.11. The number of aldehydes is 1. The van der Waals surface area contributed by atoms with E-state index >= 15 is 0 Å². The van der Waals surface area contributed by atoms with Crippen molar-refractivity contribution >= 4 is 12.3 Å². The molecule has 350 valence electrons. The SMILES string of the molecule is CC(C)(C)OCC(O)[C@@H](O)[C@H](O)C(O)C=O.CC(C)(C)OCC(O)[C@@H](O)[C@H](O)C(O)[C@H](O)C#N.CC(C)(C)OCC(O)[C@@H](O)[C@H](O)C(O)[C@H](O)C(=O)O.O.O.O.[C-]#N.[K+]. The Bertz CT molecular complexity index is 1100. The van der Waals surface area contributed by atoms with Gasteiger partial charge in [-0.2, -0.15) is 5.26 Å². The molecule has 0 aromatic rings. The summed E-state index contributed by atoms with van der Waals surface area (Å²) in [6.45, 7) is 19.7. The molecule has 0 aliphatic heterocycles. The van der Waals surface area contributed by atoms with Crippen LogP contribution in [-0.4, -0.2) is 227 Å². The standard InChI is InChI=1S/C11H21NO6.C11H22O8.C10H20O6.CN.K.3H2O/c1-11(2,3)18-5-7(14)9(16)10(17)8(15)6(13)4-12;1-11(2,3)19-4-5(12)6(13)7(14)8(15)9(16)10(17)18;1-10(2,3)16-5-7(13)9(15)8(14)6(12)4-11;1-2;;;;/h6-10,13-17H,5H2,1-3H3;5-9,12-16H,4H2,1-3H3,(H,17,18);4,6-9,12-15H,5H2,1-3H3;;;3*1H2/q;;;-1;+1;;;/t6-,7?,8?,9-,10-;5?,6-,7+,8?,9+;6?,7?,8-,9-;;;;;/m111...../s1. The third kappa shape index (κ3) is 36.2. The fourth-order valence-electron chi connectivity index (χ4n) is 3.27. The summed E-state index contributed by atoms with van der Waals surface area (Å²) in [5.41, 5.74) is -1.60. The summed E-state index contributed by atoms with van der Waals surface area (Å²) in [6, 6.07) is 1.32. The maximum absolute atomic E-state index is 10.4. The second-order valence-electron chi connectivity index (χ2n) is 14.9. The molecule has 0 radical (unpaired) electrons. The summed E-state index contributed by atoms with van der Waals surface area (Å²) in [7, 11) is 0. The molecule has 0 aliphatic rings. The van der Waals surface area contributed by atoms with Crippen molar-refractivity contribution in [3.63, 3.8) is 0 Å². The Morgan fingerprint density at radius 3 is 1.02 bits per heavy atom. The van der Waals surface area contributed by atoms with Crippen molar-refractivity contribution in [2.45, 2.75) is 165 Å². The second kappa shape index (κ2) is 36.4. The van der Waals surface area contributed by atoms with Gasteiger partial charge in [-0.05, 0) is 62.3 Å². The molecular formula is C33H69KN2O23. The first-order valence-corrected chi connectivity index (χ1v) is 16.5. The van der Waals surface area contributed by atoms with Crippen molar-refractivity contribution in [2.24, 2.45) is 0 Å². The van der Waals surface area contributed by atoms with Crippen LogP contribution in [0.2, 0.25) is 0 Å². The first-order chi connectivity index (χ1) is 24.8. The van der Waals surface area contributed by atoms with E-state index in [9.17, 15) is 65.8 Å². The third-order valence-corrected chi connectivity index (χ3v) is 6.52. The van der Waals surface area contributed by atoms with Gasteiger partial charge >= 0.3 is 57.4 Å². The molecule has 0 aromatic carbocycles. The number of aliphatic hydroxyl groups excluding tert-OH is 14. The van der Waals surface area contributed by atoms with Crippen LogP contribution < -0.4 is 51.4 Å². The van der Waals surface area contributed by atoms with Gasteiger partial charge in [0, 0.05) is 0 Å². The van der Waals surface area contributed by atoms with Gasteiger partial charge < -0.3 is 124 Å². The number of hydrogen-bond donors (Lipinski definition) is 15. The largest absolute Gasteiger partial charge is 1.00 e. The predicted molar refractivity (Wildman–Crippen MR) is 196 cm³/mol. The number of carbonyl (C=O) groups is 2. The third-order valence-electron chi connectivity index (χ3n) is 6.52. The molecule has 6 unspecified atom stereocenters. The molecule has 0 spiro atoms. The topological polar surface area (TPSA) is 507 Å². The monoisotopic (exact) mass is 900 g/mol. The molecular weight excluding hydrogens is 831 g/mol. The van der Waals surface area contributed by atoms with Crippen LogP contribution in [0, 0.1) is 23.2 Å². The van der Waals surface area contributed by atoms with Crippen molar-refractivity contribution in [1.29, 1.82) is 10.5 Å². The minimum atomic E-state index is -2.26. The minimum absolute atomic E-state index is 0. The molecule has 21 N–H and O–H groups in total. The Balaban J connectivity index is -0.000000105. The molecule has 26 heteroatoms. The zero-order valence-corrected chi connectivity index (χ0v) is 38.0. The Morgan fingerprint density at radius 2 is 0.797 bits per heavy atom. The van der Waals surface area contributed by atoms with E-state index in [-0.39, 0.29) is 93.9 Å². The van der Waals surface area contributed by atoms with E-state index in [1.807, 2.05) is 0 Å². The van der Waals surface area contributed by atoms with Crippen LogP contribution in [0.25, 0.3) is 0 Å². The number of rotatable bonds is 19. The number of nitrogens with zero attached hydrogens (tertiary/aromatic N) is 2. The number of hydrogen-bond acceptors (Lipinski definition) is 21. The number of aliphatic carboxylic acids is 1. The molecule has 59 heavy (non-hydrogen) atoms. The minimum Gasteiger partial charge on any atom is -0.512 e. The van der Waals surface area contributed by atoms with Crippen LogP contribution in [0.5, 0.6) is 0 Å². The summed E-state index contributed by atoms with van der Waals surface area (Å²) >= 11 is 0. The summed E-state index contributed by atoms with van der Waals surface area (Å²) in [4.78, 5) is 20.6. The second-order valence-corrected chi connectivity index (χ2v) is 14.9. The fraction of sp³-hybridized carbons (Fsp3) is 0.879. The zero-order chi connectivity index (χ0) is 44.8. The Labute approximate surface area is 385 Å². The molecule has 0 aromatic heterocycles. The number of carbonyl (C=O) groups excluding carboxylic acids is 1. The number of nitriles is 1. The van der Waals surface area contributed by atoms with Gasteiger partial charge in [-0.1, -0.05) is 0 Å². The number of aliphatic hydroxyl groups is 14. The van der Waals surface area contributed by atoms with E-state index in [2.05, 4.69) is 0 Å². The van der Waals surface area contributed by atoms with E-state index in [1.54, 1.807) is 62.3 Å². The Morgan fingerprint density at radius 1 is 0.542 bits per heavy atom. The Hall–Kier alpha value is -1.04. The summed E-state index contributed by atoms with van der Waals surface area (Å²) < 4.78 is 15.6. The van der Waals surface area contributed by atoms with E-state index in [4.69, 9.17) is 51.7 Å². The molecule has 0 fully saturated rings. The van der Waals surface area contributed by atoms with Crippen LogP contribution in [0.4, 0.5) is 0 Å². The van der Waals surface area contributed by atoms with Gasteiger partial charge in [-0.15, -0.1) is 0 Å². The van der Waals surface area contributed by atoms with Crippen LogP contribution >= 0.6 is 0 Å². The van der Waals surface area contributed by atoms with Gasteiger partial charge in [0.2, 0.25) is 0 Å². The molecule has 25 nitrogen and oxygen atoms in total. The maximum Gasteiger partial charge on any atom is 1.00 e. The van der Waals surface area contributed by atoms with Crippen LogP contribution in [0.1, 0.15) is 62.3 Å². The molecule has 0 saturated carbocycles. The van der Waals surface area contributed by atoms with Gasteiger partial charge in [0.15, 0.2) is 18.5 Å². The van der Waals surface area contributed by atoms with Crippen LogP contribution in [0.3, 0.4) is 0 Å². The smallest absolute Gasteiger partial charge is 0.512 e. The Kier molecular flexibility index (Phi) is 46.5. The first-order valence-electron chi connectivity index (χ1n) is 16.5. The van der Waals surface area contributed by atoms with Gasteiger partial charge in [-0.3, -0.25) is 0 Å². The maximum atomic E-state index is 10.4. The van der Waals surface area contributed by atoms with E-state index < -0.39 is 108 Å². The molecule has 0 aliphatic carbocycles. The summed E-state index contributed by atoms with van der Waals surface area (Å²) in [5.74, 6) is -1.75. The first kappa shape index (κ1) is 75.3. The number of carboxylic acid groups (broad SMARTS) is 1. The van der Waals surface area contributed by atoms with Crippen molar-refractivity contribution in [2.75, 3.05) is 19.8 Å². The molecule has 0 rings (SSSR count). The van der Waals surface area contributed by atoms with Crippen molar-refractivity contribution < 1.29 is 168 Å². The molecule has 0 heterocycles. The van der Waals surface area contributed by atoms with Gasteiger partial charge in [-0.25, -0.2) is 4.79 Å². The van der Waals surface area contributed by atoms with Crippen molar-refractivity contribution in [3.05, 3.63) is 6.57 Å². The van der Waals surface area contributed by atoms with Crippen molar-refractivity contribution in [3.8, 4) is 6.07 Å². The number of carboxylic acids is 1. The normalized spacial score (nSPS) is 18.3. The summed E-state index contributed by atoms with van der Waals surface area (Å²) in [5, 5.41) is 154. The fourth-order valence-corrected chi connectivity index (χ4v) is 3.27. The molecule has 0 saturated heterocycles. The predicted octanol–water partition coefficient (Wildman–Crippen LogP) is -11.1. The van der Waals surface area contributed by atoms with Crippen molar-refractivity contribution in [1.82, 2.24) is 0 Å². The molecule has 14 atom stereocenters. The van der Waals surface area contributed by atoms with Gasteiger partial charge in [0.25, 0.3) is 0 Å². The van der Waals surface area contributed by atoms with Gasteiger partial charge in [0.1, 0.15) is 73.2 Å². The quantitative estimate of drug-likeness (QED) is 0.0248. The van der Waals surface area contributed by atoms with E-state index in [0.717, 1.165) is 0 Å². The summed E-state index contributed by atoms with van der Waals surface area (Å²) in [6.07, 6.45) is -24.9. The van der Waals surface area contributed by atoms with E-state index in [1.165, 1.54) is 6.07 Å². The van der Waals surface area contributed by atoms with Gasteiger partial charge in [0.05, 0.1) is 42.7 Å². The molecule has 0 amide bonds.